The number of aliphatic hydroxyl groups excluding tert-OH is 4. The number of nitrogens with two attached hydrogens (primary N) is 1. The van der Waals surface area contributed by atoms with Crippen LogP contribution < -0.4 is 11.0 Å². The van der Waals surface area contributed by atoms with Gasteiger partial charge in [-0.3, -0.25) is 4.79 Å². The van der Waals surface area contributed by atoms with Gasteiger partial charge in [-0.2, -0.15) is 0 Å². The van der Waals surface area contributed by atoms with E-state index in [2.05, 4.69) is 5.32 Å². The van der Waals surface area contributed by atoms with Crippen LogP contribution in [0.4, 0.5) is 0 Å². The van der Waals surface area contributed by atoms with Crippen molar-refractivity contribution in [3.63, 3.8) is 0 Å². The van der Waals surface area contributed by atoms with Crippen LogP contribution in [0, 0.1) is 0 Å². The predicted molar refractivity (Wildman–Crippen MR) is 51.0 cm³/mol. The van der Waals surface area contributed by atoms with E-state index in [1.54, 1.807) is 0 Å². The van der Waals surface area contributed by atoms with Crippen molar-refractivity contribution in [3.8, 4) is 0 Å². The van der Waals surface area contributed by atoms with Gasteiger partial charge < -0.3 is 36.2 Å². The zero-order valence-corrected chi connectivity index (χ0v) is 8.41. The fourth-order valence-electron chi connectivity index (χ4n) is 1.49. The van der Waals surface area contributed by atoms with E-state index < -0.39 is 43.2 Å². The van der Waals surface area contributed by atoms with Crippen molar-refractivity contribution in [1.82, 2.24) is 5.32 Å². The molecule has 0 bridgehead atoms. The van der Waals surface area contributed by atoms with Gasteiger partial charge in [0.25, 0.3) is 0 Å². The molecule has 1 unspecified atom stereocenters. The number of carbonyl (C=O) groups excluding carboxylic acids is 1. The van der Waals surface area contributed by atoms with E-state index in [-0.39, 0.29) is 6.54 Å². The number of rotatable bonds is 4. The average molecular weight is 237 g/mol. The van der Waals surface area contributed by atoms with Gasteiger partial charge in [0.2, 0.25) is 5.91 Å². The van der Waals surface area contributed by atoms with Crippen molar-refractivity contribution >= 4 is 5.91 Å². The second-order valence-corrected chi connectivity index (χ2v) is 3.50. The summed E-state index contributed by atoms with van der Waals surface area (Å²) < 4.78 is 11.4. The van der Waals surface area contributed by atoms with Gasteiger partial charge in [0.05, 0.1) is 13.2 Å². The van der Waals surface area contributed by atoms with Gasteiger partial charge in [0, 0.05) is 0 Å². The Morgan fingerprint density at radius 3 is 2.69 bits per heavy atom. The van der Waals surface area contributed by atoms with Crippen LogP contribution in [0.2, 0.25) is 1.41 Å². The quantitative estimate of drug-likeness (QED) is 0.291. The first-order chi connectivity index (χ1) is 8.01. The van der Waals surface area contributed by atoms with Gasteiger partial charge in [0.15, 0.2) is 6.29 Å². The van der Waals surface area contributed by atoms with Crippen molar-refractivity contribution in [3.05, 3.63) is 0 Å². The molecule has 94 valence electrons. The molecule has 8 nitrogen and oxygen atoms in total. The summed E-state index contributed by atoms with van der Waals surface area (Å²) in [6.07, 6.45) is -5.54. The molecule has 0 aliphatic carbocycles. The smallest absolute Gasteiger partial charge is 0.234 e. The van der Waals surface area contributed by atoms with Gasteiger partial charge in [0.1, 0.15) is 25.8 Å². The Labute approximate surface area is 93.1 Å². The number of carbonyl (C=O) groups is 1. The van der Waals surface area contributed by atoms with Crippen molar-refractivity contribution in [1.29, 1.82) is 0 Å². The van der Waals surface area contributed by atoms with Crippen LogP contribution >= 0.6 is 0 Å². The standard InChI is InChI=1S/C8H16N2O6/c9-1-4(12)10-5-7(14)6(13)3(2-11)16-8(5)15/h3,5-8,11,13-15H,1-2,9H2,(H,10,12)/t3-,5-,6-,7-,8?/m1/s1/i/hD. The molecule has 5 atom stereocenters. The van der Waals surface area contributed by atoms with Gasteiger partial charge >= 0.3 is 0 Å². The van der Waals surface area contributed by atoms with Crippen LogP contribution in [0.5, 0.6) is 0 Å². The molecule has 0 radical (unpaired) electrons. The normalized spacial score (nSPS) is 40.2. The van der Waals surface area contributed by atoms with Crippen LogP contribution in [0.1, 0.15) is 0 Å². The minimum atomic E-state index is -1.54. The molecule has 0 saturated carbocycles. The molecule has 1 aliphatic rings. The number of hydrogen-bond donors (Lipinski definition) is 6. The molecule has 0 aromatic heterocycles. The van der Waals surface area contributed by atoms with Crippen LogP contribution in [-0.4, -0.2) is 70.1 Å². The Bertz CT molecular complexity index is 268. The predicted octanol–water partition coefficient (Wildman–Crippen LogP) is -4.14. The molecule has 0 spiro atoms. The summed E-state index contributed by atoms with van der Waals surface area (Å²) in [7, 11) is 0. The zero-order chi connectivity index (χ0) is 13.0. The first-order valence-electron chi connectivity index (χ1n) is 5.25. The van der Waals surface area contributed by atoms with E-state index in [0.29, 0.717) is 0 Å². The van der Waals surface area contributed by atoms with Crippen LogP contribution in [0.3, 0.4) is 0 Å². The Balaban J connectivity index is 2.63. The van der Waals surface area contributed by atoms with E-state index in [4.69, 9.17) is 11.3 Å². The molecule has 0 aromatic carbocycles. The third-order valence-corrected chi connectivity index (χ3v) is 2.39. The fourth-order valence-corrected chi connectivity index (χ4v) is 1.49. The molecule has 1 rings (SSSR count). The number of aliphatic hydroxyl groups is 4. The highest BCUT2D eigenvalue weighted by molar-refractivity contribution is 5.78. The summed E-state index contributed by atoms with van der Waals surface area (Å²) in [6.45, 7) is -0.889. The van der Waals surface area contributed by atoms with Crippen molar-refractivity contribution in [2.45, 2.75) is 30.6 Å². The largest absolute Gasteiger partial charge is 0.394 e. The molecule has 16 heavy (non-hydrogen) atoms. The van der Waals surface area contributed by atoms with Crippen molar-refractivity contribution in [2.75, 3.05) is 13.2 Å². The Morgan fingerprint density at radius 1 is 1.44 bits per heavy atom. The zero-order valence-electron chi connectivity index (χ0n) is 9.41. The fraction of sp³-hybridized carbons (Fsp3) is 0.875. The molecule has 1 aliphatic heterocycles. The number of ether oxygens (including phenoxy) is 1. The topological polar surface area (TPSA) is 145 Å². The summed E-state index contributed by atoms with van der Waals surface area (Å²) in [6, 6.07) is -1.21. The number of nitrogens with one attached hydrogen (secondary N) is 1. The minimum Gasteiger partial charge on any atom is -0.394 e. The van der Waals surface area contributed by atoms with E-state index in [9.17, 15) is 20.1 Å². The lowest BCUT2D eigenvalue weighted by atomic mass is 9.97. The number of hydrogen-bond acceptors (Lipinski definition) is 7. The van der Waals surface area contributed by atoms with Crippen LogP contribution in [0.25, 0.3) is 0 Å². The van der Waals surface area contributed by atoms with E-state index in [1.807, 2.05) is 5.73 Å². The molecule has 0 aromatic rings. The highest BCUT2D eigenvalue weighted by Crippen LogP contribution is 2.19. The molecule has 8 heteroatoms. The summed E-state index contributed by atoms with van der Waals surface area (Å²) in [4.78, 5) is 11.2. The van der Waals surface area contributed by atoms with Gasteiger partial charge in [-0.15, -0.1) is 0 Å². The summed E-state index contributed by atoms with van der Waals surface area (Å²) in [5, 5.41) is 39.7. The second kappa shape index (κ2) is 5.53. The van der Waals surface area contributed by atoms with E-state index in [1.165, 1.54) is 0 Å². The van der Waals surface area contributed by atoms with Gasteiger partial charge in [-0.05, 0) is 0 Å². The highest BCUT2D eigenvalue weighted by Gasteiger charge is 2.44. The van der Waals surface area contributed by atoms with Gasteiger partial charge in [-0.25, -0.2) is 0 Å². The Kier molecular flexibility index (Phi) is 4.04. The summed E-state index contributed by atoms with van der Waals surface area (Å²) >= 11 is 0. The third kappa shape index (κ3) is 2.67. The van der Waals surface area contributed by atoms with Crippen LogP contribution in [-0.2, 0) is 9.53 Å². The molecule has 7 N–H and O–H groups in total. The van der Waals surface area contributed by atoms with E-state index >= 15 is 0 Å². The lowest BCUT2D eigenvalue weighted by molar-refractivity contribution is -0.253. The molecule has 1 heterocycles. The number of amides is 1. The lowest BCUT2D eigenvalue weighted by Gasteiger charge is -2.40. The maximum atomic E-state index is 11.2. The molecule has 1 fully saturated rings. The molecular weight excluding hydrogens is 220 g/mol. The van der Waals surface area contributed by atoms with Gasteiger partial charge in [-0.1, -0.05) is 0 Å². The lowest BCUT2D eigenvalue weighted by Crippen LogP contribution is -2.64. The highest BCUT2D eigenvalue weighted by atomic mass is 16.6. The molecule has 1 saturated heterocycles. The monoisotopic (exact) mass is 237 g/mol. The van der Waals surface area contributed by atoms with E-state index in [0.717, 1.165) is 0 Å². The first-order valence-corrected chi connectivity index (χ1v) is 4.75. The summed E-state index contributed by atoms with van der Waals surface area (Å²) in [5.74, 6) is -0.638. The second-order valence-electron chi connectivity index (χ2n) is 3.50. The molecule has 1 amide bonds. The van der Waals surface area contributed by atoms with Crippen LogP contribution in [0.15, 0.2) is 0 Å². The Hall–Kier alpha value is -0.770. The maximum Gasteiger partial charge on any atom is 0.234 e. The first kappa shape index (κ1) is 11.7. The van der Waals surface area contributed by atoms with Crippen molar-refractivity contribution < 1.29 is 31.4 Å². The third-order valence-electron chi connectivity index (χ3n) is 2.39. The average Bonchev–Trinajstić information content (AvgIpc) is 2.29. The Morgan fingerprint density at radius 2 is 2.12 bits per heavy atom. The SMILES string of the molecule is [2H]NCC(=O)N[C@H]1C(O)O[C@H](CO)[C@@H](O)[C@@H]1O. The minimum absolute atomic E-state index is 0.324. The van der Waals surface area contributed by atoms with Crippen molar-refractivity contribution in [2.24, 2.45) is 5.73 Å². The molecular formula is C8H16N2O6. The summed E-state index contributed by atoms with van der Waals surface area (Å²) in [5.41, 5.74) is 1.85. The maximum absolute atomic E-state index is 11.2.